The van der Waals surface area contributed by atoms with Gasteiger partial charge in [-0.25, -0.2) is 4.39 Å². The molecule has 0 aromatic heterocycles. The summed E-state index contributed by atoms with van der Waals surface area (Å²) < 4.78 is 12.8. The molecule has 0 spiro atoms. The standard InChI is InChI=1S/C15H24FN/c1-4-5-6-12(2)15(17-3)11-13-7-9-14(16)10-8-13/h7-10,12,15,17H,4-6,11H2,1-3H3. The van der Waals surface area contributed by atoms with E-state index in [1.54, 1.807) is 12.1 Å². The summed E-state index contributed by atoms with van der Waals surface area (Å²) >= 11 is 0. The van der Waals surface area contributed by atoms with Crippen LogP contribution in [0, 0.1) is 11.7 Å². The molecular weight excluding hydrogens is 213 g/mol. The Morgan fingerprint density at radius 1 is 1.24 bits per heavy atom. The number of rotatable bonds is 7. The van der Waals surface area contributed by atoms with E-state index in [0.29, 0.717) is 12.0 Å². The van der Waals surface area contributed by atoms with Crippen molar-refractivity contribution in [1.29, 1.82) is 0 Å². The Kier molecular flexibility index (Phi) is 6.20. The third-order valence-corrected chi connectivity index (χ3v) is 3.44. The third-order valence-electron chi connectivity index (χ3n) is 3.44. The van der Waals surface area contributed by atoms with Gasteiger partial charge >= 0.3 is 0 Å². The highest BCUT2D eigenvalue weighted by Crippen LogP contribution is 2.16. The number of likely N-dealkylation sites (N-methyl/N-ethyl adjacent to an activating group) is 1. The Balaban J connectivity index is 2.53. The zero-order chi connectivity index (χ0) is 12.7. The minimum absolute atomic E-state index is 0.159. The van der Waals surface area contributed by atoms with Gasteiger partial charge in [0.1, 0.15) is 5.82 Å². The molecule has 17 heavy (non-hydrogen) atoms. The average Bonchev–Trinajstić information content (AvgIpc) is 2.35. The van der Waals surface area contributed by atoms with Gasteiger partial charge in [-0.05, 0) is 43.5 Å². The molecule has 1 nitrogen and oxygen atoms in total. The number of halogens is 1. The monoisotopic (exact) mass is 237 g/mol. The van der Waals surface area contributed by atoms with Crippen LogP contribution in [0.1, 0.15) is 38.7 Å². The van der Waals surface area contributed by atoms with Crippen molar-refractivity contribution in [2.75, 3.05) is 7.05 Å². The molecule has 0 saturated carbocycles. The van der Waals surface area contributed by atoms with Crippen LogP contribution < -0.4 is 5.32 Å². The second-order valence-corrected chi connectivity index (χ2v) is 4.85. The second kappa shape index (κ2) is 7.44. The predicted octanol–water partition coefficient (Wildman–Crippen LogP) is 3.78. The van der Waals surface area contributed by atoms with Crippen LogP contribution in [0.25, 0.3) is 0 Å². The largest absolute Gasteiger partial charge is 0.316 e. The van der Waals surface area contributed by atoms with Crippen molar-refractivity contribution < 1.29 is 4.39 Å². The van der Waals surface area contributed by atoms with Crippen LogP contribution in [-0.4, -0.2) is 13.1 Å². The van der Waals surface area contributed by atoms with Crippen LogP contribution in [0.5, 0.6) is 0 Å². The topological polar surface area (TPSA) is 12.0 Å². The average molecular weight is 237 g/mol. The SMILES string of the molecule is CCCCC(C)C(Cc1ccc(F)cc1)NC. The summed E-state index contributed by atoms with van der Waals surface area (Å²) in [4.78, 5) is 0. The summed E-state index contributed by atoms with van der Waals surface area (Å²) in [7, 11) is 2.01. The molecule has 2 heteroatoms. The van der Waals surface area contributed by atoms with E-state index in [1.807, 2.05) is 19.2 Å². The molecule has 0 bridgehead atoms. The zero-order valence-electron chi connectivity index (χ0n) is 11.2. The van der Waals surface area contributed by atoms with Crippen molar-refractivity contribution in [1.82, 2.24) is 5.32 Å². The van der Waals surface area contributed by atoms with Crippen molar-refractivity contribution in [3.05, 3.63) is 35.6 Å². The van der Waals surface area contributed by atoms with Gasteiger partial charge in [0.25, 0.3) is 0 Å². The van der Waals surface area contributed by atoms with Crippen molar-refractivity contribution in [2.24, 2.45) is 5.92 Å². The number of hydrogen-bond donors (Lipinski definition) is 1. The van der Waals surface area contributed by atoms with Crippen LogP contribution in [-0.2, 0) is 6.42 Å². The highest BCUT2D eigenvalue weighted by molar-refractivity contribution is 5.17. The van der Waals surface area contributed by atoms with E-state index in [1.165, 1.54) is 24.8 Å². The fraction of sp³-hybridized carbons (Fsp3) is 0.600. The van der Waals surface area contributed by atoms with E-state index in [-0.39, 0.29) is 5.82 Å². The van der Waals surface area contributed by atoms with E-state index < -0.39 is 0 Å². The van der Waals surface area contributed by atoms with Crippen LogP contribution in [0.3, 0.4) is 0 Å². The molecule has 0 aliphatic carbocycles. The van der Waals surface area contributed by atoms with Crippen molar-refractivity contribution in [3.8, 4) is 0 Å². The minimum Gasteiger partial charge on any atom is -0.316 e. The summed E-state index contributed by atoms with van der Waals surface area (Å²) in [5, 5.41) is 3.38. The molecule has 1 aromatic carbocycles. The zero-order valence-corrected chi connectivity index (χ0v) is 11.2. The normalized spacial score (nSPS) is 14.6. The number of hydrogen-bond acceptors (Lipinski definition) is 1. The lowest BCUT2D eigenvalue weighted by Crippen LogP contribution is -2.34. The molecule has 0 radical (unpaired) electrons. The van der Waals surface area contributed by atoms with Crippen molar-refractivity contribution in [2.45, 2.75) is 45.6 Å². The maximum Gasteiger partial charge on any atom is 0.123 e. The molecule has 0 heterocycles. The second-order valence-electron chi connectivity index (χ2n) is 4.85. The van der Waals surface area contributed by atoms with E-state index >= 15 is 0 Å². The molecule has 0 saturated heterocycles. The molecule has 0 aliphatic rings. The first kappa shape index (κ1) is 14.2. The molecule has 0 aliphatic heterocycles. The molecular formula is C15H24FN. The molecule has 0 fully saturated rings. The summed E-state index contributed by atoms with van der Waals surface area (Å²) in [6.07, 6.45) is 4.75. The fourth-order valence-corrected chi connectivity index (χ4v) is 2.19. The molecule has 0 amide bonds. The Labute approximate surface area is 104 Å². The maximum absolute atomic E-state index is 12.8. The Morgan fingerprint density at radius 3 is 2.41 bits per heavy atom. The molecule has 1 aromatic rings. The molecule has 1 rings (SSSR count). The van der Waals surface area contributed by atoms with Gasteiger partial charge in [0.05, 0.1) is 0 Å². The highest BCUT2D eigenvalue weighted by atomic mass is 19.1. The van der Waals surface area contributed by atoms with Crippen molar-refractivity contribution in [3.63, 3.8) is 0 Å². The Morgan fingerprint density at radius 2 is 1.88 bits per heavy atom. The third kappa shape index (κ3) is 4.86. The van der Waals surface area contributed by atoms with Crippen molar-refractivity contribution >= 4 is 0 Å². The molecule has 96 valence electrons. The lowest BCUT2D eigenvalue weighted by molar-refractivity contribution is 0.365. The quantitative estimate of drug-likeness (QED) is 0.761. The Bertz CT molecular complexity index is 307. The highest BCUT2D eigenvalue weighted by Gasteiger charge is 2.15. The van der Waals surface area contributed by atoms with Gasteiger partial charge in [-0.3, -0.25) is 0 Å². The lowest BCUT2D eigenvalue weighted by Gasteiger charge is -2.23. The minimum atomic E-state index is -0.159. The van der Waals surface area contributed by atoms with Gasteiger partial charge in [-0.2, -0.15) is 0 Å². The van der Waals surface area contributed by atoms with Gasteiger partial charge < -0.3 is 5.32 Å². The number of nitrogens with one attached hydrogen (secondary N) is 1. The van der Waals surface area contributed by atoms with E-state index in [2.05, 4.69) is 19.2 Å². The smallest absolute Gasteiger partial charge is 0.123 e. The van der Waals surface area contributed by atoms with Gasteiger partial charge in [0, 0.05) is 6.04 Å². The van der Waals surface area contributed by atoms with E-state index in [0.717, 1.165) is 6.42 Å². The van der Waals surface area contributed by atoms with Gasteiger partial charge in [0.15, 0.2) is 0 Å². The first-order valence-corrected chi connectivity index (χ1v) is 6.59. The first-order chi connectivity index (χ1) is 8.17. The fourth-order valence-electron chi connectivity index (χ4n) is 2.19. The van der Waals surface area contributed by atoms with Gasteiger partial charge in [0.2, 0.25) is 0 Å². The summed E-state index contributed by atoms with van der Waals surface area (Å²) in [5.74, 6) is 0.499. The van der Waals surface area contributed by atoms with Crippen LogP contribution in [0.15, 0.2) is 24.3 Å². The first-order valence-electron chi connectivity index (χ1n) is 6.59. The van der Waals surface area contributed by atoms with Gasteiger partial charge in [-0.15, -0.1) is 0 Å². The van der Waals surface area contributed by atoms with Crippen LogP contribution in [0.2, 0.25) is 0 Å². The molecule has 2 unspecified atom stereocenters. The predicted molar refractivity (Wildman–Crippen MR) is 71.6 cm³/mol. The summed E-state index contributed by atoms with van der Waals surface area (Å²) in [6, 6.07) is 7.32. The summed E-state index contributed by atoms with van der Waals surface area (Å²) in [5.41, 5.74) is 1.20. The molecule has 1 N–H and O–H groups in total. The lowest BCUT2D eigenvalue weighted by atomic mass is 9.91. The number of benzene rings is 1. The Hall–Kier alpha value is -0.890. The van der Waals surface area contributed by atoms with Crippen LogP contribution >= 0.6 is 0 Å². The maximum atomic E-state index is 12.8. The van der Waals surface area contributed by atoms with E-state index in [9.17, 15) is 4.39 Å². The molecule has 2 atom stereocenters. The van der Waals surface area contributed by atoms with Crippen LogP contribution in [0.4, 0.5) is 4.39 Å². The summed E-state index contributed by atoms with van der Waals surface area (Å²) in [6.45, 7) is 4.52. The van der Waals surface area contributed by atoms with E-state index in [4.69, 9.17) is 0 Å². The van der Waals surface area contributed by atoms with Gasteiger partial charge in [-0.1, -0.05) is 38.8 Å². The number of unbranched alkanes of at least 4 members (excludes halogenated alkanes) is 1.